The van der Waals surface area contributed by atoms with E-state index in [2.05, 4.69) is 15.5 Å². The number of benzene rings is 2. The number of carbonyl (C=O) groups excluding carboxylic acids is 1. The Morgan fingerprint density at radius 2 is 1.82 bits per heavy atom. The van der Waals surface area contributed by atoms with Crippen molar-refractivity contribution >= 4 is 23.4 Å². The van der Waals surface area contributed by atoms with E-state index in [0.717, 1.165) is 11.4 Å². The minimum absolute atomic E-state index is 0.0747. The van der Waals surface area contributed by atoms with E-state index in [-0.39, 0.29) is 17.2 Å². The van der Waals surface area contributed by atoms with E-state index in [1.54, 1.807) is 0 Å². The minimum atomic E-state index is -2.52. The van der Waals surface area contributed by atoms with Crippen LogP contribution in [0.5, 0.6) is 0 Å². The molecule has 0 saturated heterocycles. The second kappa shape index (κ2) is 9.45. The minimum Gasteiger partial charge on any atom is -0.325 e. The Labute approximate surface area is 166 Å². The van der Waals surface area contributed by atoms with Crippen molar-refractivity contribution in [2.75, 3.05) is 11.1 Å². The van der Waals surface area contributed by atoms with E-state index in [1.165, 1.54) is 36.0 Å². The molecule has 146 valence electrons. The third-order valence-electron chi connectivity index (χ3n) is 4.09. The molecule has 1 heterocycles. The van der Waals surface area contributed by atoms with Crippen LogP contribution in [0.4, 0.5) is 14.5 Å². The van der Waals surface area contributed by atoms with Crippen LogP contribution >= 0.6 is 11.8 Å². The zero-order valence-corrected chi connectivity index (χ0v) is 16.1. The van der Waals surface area contributed by atoms with E-state index in [1.807, 2.05) is 41.8 Å². The third-order valence-corrected chi connectivity index (χ3v) is 5.06. The summed E-state index contributed by atoms with van der Waals surface area (Å²) < 4.78 is 27.1. The summed E-state index contributed by atoms with van der Waals surface area (Å²) in [5.74, 6) is 0.768. The van der Waals surface area contributed by atoms with Crippen molar-refractivity contribution in [2.45, 2.75) is 31.5 Å². The maximum atomic E-state index is 12.6. The molecule has 1 amide bonds. The largest absolute Gasteiger partial charge is 0.325 e. The fourth-order valence-electron chi connectivity index (χ4n) is 2.69. The summed E-state index contributed by atoms with van der Waals surface area (Å²) in [6.07, 6.45) is -1.85. The van der Waals surface area contributed by atoms with Gasteiger partial charge in [-0.2, -0.15) is 0 Å². The summed E-state index contributed by atoms with van der Waals surface area (Å²) in [4.78, 5) is 12.2. The maximum absolute atomic E-state index is 12.6. The molecule has 0 unspecified atom stereocenters. The number of nitrogens with zero attached hydrogens (tertiary/aromatic N) is 3. The Kier molecular flexibility index (Phi) is 6.76. The molecule has 0 spiro atoms. The first kappa shape index (κ1) is 20.0. The maximum Gasteiger partial charge on any atom is 0.263 e. The lowest BCUT2D eigenvalue weighted by Gasteiger charge is -2.08. The molecule has 1 aromatic heterocycles. The van der Waals surface area contributed by atoms with Crippen molar-refractivity contribution in [3.63, 3.8) is 0 Å². The lowest BCUT2D eigenvalue weighted by Crippen LogP contribution is -2.14. The highest BCUT2D eigenvalue weighted by Crippen LogP contribution is 2.22. The van der Waals surface area contributed by atoms with Crippen molar-refractivity contribution in [1.82, 2.24) is 14.8 Å². The third kappa shape index (κ3) is 5.16. The molecule has 2 aromatic carbocycles. The van der Waals surface area contributed by atoms with E-state index in [9.17, 15) is 13.6 Å². The summed E-state index contributed by atoms with van der Waals surface area (Å²) in [5.41, 5.74) is 1.55. The van der Waals surface area contributed by atoms with E-state index in [4.69, 9.17) is 0 Å². The van der Waals surface area contributed by atoms with Crippen molar-refractivity contribution in [3.8, 4) is 0 Å². The molecule has 0 bridgehead atoms. The quantitative estimate of drug-likeness (QED) is 0.561. The van der Waals surface area contributed by atoms with Gasteiger partial charge in [0.15, 0.2) is 5.16 Å². The monoisotopic (exact) mass is 402 g/mol. The summed E-state index contributed by atoms with van der Waals surface area (Å²) in [5, 5.41) is 11.8. The molecule has 0 aliphatic heterocycles. The predicted molar refractivity (Wildman–Crippen MR) is 106 cm³/mol. The Bertz CT molecular complexity index is 914. The van der Waals surface area contributed by atoms with Gasteiger partial charge in [0, 0.05) is 24.2 Å². The average molecular weight is 402 g/mol. The zero-order valence-electron chi connectivity index (χ0n) is 15.3. The molecule has 5 nitrogen and oxygen atoms in total. The van der Waals surface area contributed by atoms with Gasteiger partial charge < -0.3 is 9.88 Å². The highest BCUT2D eigenvalue weighted by atomic mass is 32.2. The van der Waals surface area contributed by atoms with Gasteiger partial charge in [-0.1, -0.05) is 54.2 Å². The van der Waals surface area contributed by atoms with Crippen molar-refractivity contribution in [2.24, 2.45) is 0 Å². The van der Waals surface area contributed by atoms with Gasteiger partial charge in [0.25, 0.3) is 6.43 Å². The first-order valence-electron chi connectivity index (χ1n) is 8.83. The van der Waals surface area contributed by atoms with Gasteiger partial charge in [-0.15, -0.1) is 10.2 Å². The molecular weight excluding hydrogens is 382 g/mol. The molecule has 3 rings (SSSR count). The van der Waals surface area contributed by atoms with Crippen LogP contribution in [0.15, 0.2) is 59.8 Å². The lowest BCUT2D eigenvalue weighted by atomic mass is 10.1. The molecule has 0 radical (unpaired) electrons. The van der Waals surface area contributed by atoms with Crippen LogP contribution in [0, 0.1) is 0 Å². The van der Waals surface area contributed by atoms with Crippen molar-refractivity contribution < 1.29 is 13.6 Å². The van der Waals surface area contributed by atoms with Gasteiger partial charge in [-0.25, -0.2) is 8.78 Å². The predicted octanol–water partition coefficient (Wildman–Crippen LogP) is 4.56. The van der Waals surface area contributed by atoms with Crippen LogP contribution in [0.1, 0.15) is 30.3 Å². The van der Waals surface area contributed by atoms with Gasteiger partial charge in [-0.3, -0.25) is 4.79 Å². The number of amides is 1. The fraction of sp³-hybridized carbons (Fsp3) is 0.250. The summed E-state index contributed by atoms with van der Waals surface area (Å²) in [6.45, 7) is 2.71. The molecule has 0 aliphatic carbocycles. The zero-order chi connectivity index (χ0) is 19.9. The van der Waals surface area contributed by atoms with Crippen LogP contribution in [0.2, 0.25) is 0 Å². The second-order valence-electron chi connectivity index (χ2n) is 6.06. The summed E-state index contributed by atoms with van der Waals surface area (Å²) in [6, 6.07) is 15.5. The standard InChI is InChI=1S/C20H20F2N4OS/c1-2-26-17(12-14-6-4-3-5-7-14)24-25-20(26)28-13-18(27)23-16-10-8-15(9-11-16)19(21)22/h3-11,19H,2,12-13H2,1H3,(H,23,27). The van der Waals surface area contributed by atoms with Crippen LogP contribution < -0.4 is 5.32 Å². The Hall–Kier alpha value is -2.74. The van der Waals surface area contributed by atoms with Crippen LogP contribution in [0.25, 0.3) is 0 Å². The molecule has 0 fully saturated rings. The summed E-state index contributed by atoms with van der Waals surface area (Å²) in [7, 11) is 0. The number of rotatable bonds is 8. The Morgan fingerprint density at radius 3 is 2.46 bits per heavy atom. The highest BCUT2D eigenvalue weighted by molar-refractivity contribution is 7.99. The smallest absolute Gasteiger partial charge is 0.263 e. The van der Waals surface area contributed by atoms with Gasteiger partial charge in [0.05, 0.1) is 5.75 Å². The number of nitrogens with one attached hydrogen (secondary N) is 1. The number of halogens is 2. The van der Waals surface area contributed by atoms with E-state index in [0.29, 0.717) is 23.8 Å². The number of alkyl halides is 2. The van der Waals surface area contributed by atoms with Crippen molar-refractivity contribution in [1.29, 1.82) is 0 Å². The molecule has 0 aliphatic rings. The number of hydrogen-bond acceptors (Lipinski definition) is 4. The van der Waals surface area contributed by atoms with Gasteiger partial charge in [0.2, 0.25) is 5.91 Å². The first-order valence-corrected chi connectivity index (χ1v) is 9.82. The van der Waals surface area contributed by atoms with Crippen LogP contribution in [-0.4, -0.2) is 26.4 Å². The SMILES string of the molecule is CCn1c(Cc2ccccc2)nnc1SCC(=O)Nc1ccc(C(F)F)cc1. The molecule has 3 aromatic rings. The number of carbonyl (C=O) groups is 1. The first-order chi connectivity index (χ1) is 13.6. The summed E-state index contributed by atoms with van der Waals surface area (Å²) >= 11 is 1.30. The highest BCUT2D eigenvalue weighted by Gasteiger charge is 2.14. The topological polar surface area (TPSA) is 59.8 Å². The average Bonchev–Trinajstić information content (AvgIpc) is 3.09. The van der Waals surface area contributed by atoms with E-state index < -0.39 is 6.43 Å². The van der Waals surface area contributed by atoms with Crippen LogP contribution in [-0.2, 0) is 17.8 Å². The second-order valence-corrected chi connectivity index (χ2v) is 7.01. The van der Waals surface area contributed by atoms with Crippen LogP contribution in [0.3, 0.4) is 0 Å². The van der Waals surface area contributed by atoms with E-state index >= 15 is 0 Å². The Morgan fingerprint density at radius 1 is 1.11 bits per heavy atom. The van der Waals surface area contributed by atoms with Gasteiger partial charge in [-0.05, 0) is 24.6 Å². The Balaban J connectivity index is 1.58. The number of hydrogen-bond donors (Lipinski definition) is 1. The van der Waals surface area contributed by atoms with Gasteiger partial charge in [0.1, 0.15) is 5.82 Å². The van der Waals surface area contributed by atoms with Gasteiger partial charge >= 0.3 is 0 Å². The molecular formula is C20H20F2N4OS. The molecule has 0 saturated carbocycles. The number of thioether (sulfide) groups is 1. The number of anilines is 1. The normalized spacial score (nSPS) is 11.0. The molecule has 28 heavy (non-hydrogen) atoms. The number of aromatic nitrogens is 3. The molecule has 8 heteroatoms. The fourth-order valence-corrected chi connectivity index (χ4v) is 3.51. The molecule has 0 atom stereocenters. The van der Waals surface area contributed by atoms with Crippen molar-refractivity contribution in [3.05, 3.63) is 71.5 Å². The lowest BCUT2D eigenvalue weighted by molar-refractivity contribution is -0.113. The molecule has 1 N–H and O–H groups in total.